The van der Waals surface area contributed by atoms with E-state index in [1.807, 2.05) is 35.3 Å². The number of fused-ring (bicyclic) bond motifs is 3. The van der Waals surface area contributed by atoms with Gasteiger partial charge in [-0.05, 0) is 30.3 Å². The molecule has 108 valence electrons. The van der Waals surface area contributed by atoms with Crippen LogP contribution in [0.5, 0.6) is 5.75 Å². The first-order valence-electron chi connectivity index (χ1n) is 7.12. The van der Waals surface area contributed by atoms with E-state index >= 15 is 0 Å². The smallest absolute Gasteiger partial charge is 0.187 e. The molecule has 0 bridgehead atoms. The molecule has 2 aromatic rings. The van der Waals surface area contributed by atoms with Gasteiger partial charge in [0.15, 0.2) is 6.23 Å². The van der Waals surface area contributed by atoms with Gasteiger partial charge in [0.25, 0.3) is 0 Å². The molecule has 2 aliphatic heterocycles. The molecular formula is C16H15ClN2O2. The maximum atomic E-state index is 6.14. The predicted octanol–water partition coefficient (Wildman–Crippen LogP) is 4.21. The zero-order valence-electron chi connectivity index (χ0n) is 11.6. The molecule has 5 heteroatoms. The second-order valence-corrected chi connectivity index (χ2v) is 5.72. The molecule has 0 unspecified atom stereocenters. The fourth-order valence-electron chi connectivity index (χ4n) is 2.99. The Morgan fingerprint density at radius 1 is 1.38 bits per heavy atom. The van der Waals surface area contributed by atoms with Crippen molar-refractivity contribution >= 4 is 17.3 Å². The van der Waals surface area contributed by atoms with E-state index in [0.29, 0.717) is 0 Å². The van der Waals surface area contributed by atoms with E-state index in [-0.39, 0.29) is 12.3 Å². The standard InChI is InChI=1S/C16H15ClN2O2/c1-2-16-19-13(9-12(18-19)15-4-3-7-20-15)11-8-10(17)5-6-14(11)21-16/h3-8,13,16H,2,9H2,1H3/t13-,16+/m0/s1. The number of nitrogens with zero attached hydrogens (tertiary/aromatic N) is 2. The van der Waals surface area contributed by atoms with Gasteiger partial charge in [-0.15, -0.1) is 0 Å². The van der Waals surface area contributed by atoms with Gasteiger partial charge < -0.3 is 9.15 Å². The van der Waals surface area contributed by atoms with Crippen LogP contribution in [0, 0.1) is 0 Å². The molecule has 2 aliphatic rings. The first-order valence-corrected chi connectivity index (χ1v) is 7.50. The Hall–Kier alpha value is -1.94. The number of rotatable bonds is 2. The van der Waals surface area contributed by atoms with Gasteiger partial charge in [-0.1, -0.05) is 18.5 Å². The Balaban J connectivity index is 1.76. The van der Waals surface area contributed by atoms with Crippen molar-refractivity contribution in [1.82, 2.24) is 5.01 Å². The number of furan rings is 1. The van der Waals surface area contributed by atoms with E-state index in [4.69, 9.17) is 25.9 Å². The highest BCUT2D eigenvalue weighted by atomic mass is 35.5. The van der Waals surface area contributed by atoms with Crippen molar-refractivity contribution in [3.05, 3.63) is 52.9 Å². The SMILES string of the molecule is CC[C@H]1Oc2ccc(Cl)cc2[C@@H]2CC(c3ccco3)=NN12. The van der Waals surface area contributed by atoms with E-state index in [1.54, 1.807) is 6.26 Å². The highest BCUT2D eigenvalue weighted by Crippen LogP contribution is 2.44. The Morgan fingerprint density at radius 2 is 2.29 bits per heavy atom. The number of hydrazone groups is 1. The van der Waals surface area contributed by atoms with Crippen molar-refractivity contribution in [3.63, 3.8) is 0 Å². The maximum Gasteiger partial charge on any atom is 0.187 e. The maximum absolute atomic E-state index is 6.14. The van der Waals surface area contributed by atoms with Gasteiger partial charge in [-0.2, -0.15) is 5.10 Å². The minimum Gasteiger partial charge on any atom is -0.469 e. The summed E-state index contributed by atoms with van der Waals surface area (Å²) in [4.78, 5) is 0. The van der Waals surface area contributed by atoms with E-state index in [0.717, 1.165) is 40.6 Å². The summed E-state index contributed by atoms with van der Waals surface area (Å²) in [6.45, 7) is 2.10. The second-order valence-electron chi connectivity index (χ2n) is 5.29. The fraction of sp³-hybridized carbons (Fsp3) is 0.312. The molecule has 4 rings (SSSR count). The van der Waals surface area contributed by atoms with E-state index in [9.17, 15) is 0 Å². The third-order valence-electron chi connectivity index (χ3n) is 3.99. The molecule has 1 aromatic heterocycles. The summed E-state index contributed by atoms with van der Waals surface area (Å²) < 4.78 is 11.5. The van der Waals surface area contributed by atoms with Crippen molar-refractivity contribution in [2.75, 3.05) is 0 Å². The number of ether oxygens (including phenoxy) is 1. The van der Waals surface area contributed by atoms with E-state index in [2.05, 4.69) is 6.92 Å². The molecule has 0 N–H and O–H groups in total. The van der Waals surface area contributed by atoms with E-state index in [1.165, 1.54) is 0 Å². The lowest BCUT2D eigenvalue weighted by molar-refractivity contribution is -0.0188. The zero-order chi connectivity index (χ0) is 14.4. The van der Waals surface area contributed by atoms with Crippen molar-refractivity contribution in [3.8, 4) is 5.75 Å². The van der Waals surface area contributed by atoms with Crippen molar-refractivity contribution in [2.45, 2.75) is 32.0 Å². The van der Waals surface area contributed by atoms with Crippen molar-refractivity contribution in [1.29, 1.82) is 0 Å². The summed E-state index contributed by atoms with van der Waals surface area (Å²) in [7, 11) is 0. The molecule has 3 heterocycles. The highest BCUT2D eigenvalue weighted by molar-refractivity contribution is 6.30. The molecule has 1 aromatic carbocycles. The van der Waals surface area contributed by atoms with Gasteiger partial charge >= 0.3 is 0 Å². The van der Waals surface area contributed by atoms with Gasteiger partial charge in [-0.3, -0.25) is 5.01 Å². The second kappa shape index (κ2) is 4.81. The van der Waals surface area contributed by atoms with Gasteiger partial charge in [0, 0.05) is 23.4 Å². The predicted molar refractivity (Wildman–Crippen MR) is 80.6 cm³/mol. The molecule has 0 saturated heterocycles. The molecule has 4 nitrogen and oxygen atoms in total. The lowest BCUT2D eigenvalue weighted by Crippen LogP contribution is -2.39. The molecular weight excluding hydrogens is 288 g/mol. The van der Waals surface area contributed by atoms with Crippen molar-refractivity contribution < 1.29 is 9.15 Å². The number of benzene rings is 1. The molecule has 0 saturated carbocycles. The Labute approximate surface area is 128 Å². The topological polar surface area (TPSA) is 38.0 Å². The molecule has 0 aliphatic carbocycles. The largest absolute Gasteiger partial charge is 0.469 e. The minimum atomic E-state index is -0.0452. The third kappa shape index (κ3) is 2.02. The lowest BCUT2D eigenvalue weighted by Gasteiger charge is -2.37. The first-order chi connectivity index (χ1) is 10.3. The van der Waals surface area contributed by atoms with E-state index < -0.39 is 0 Å². The molecule has 0 spiro atoms. The van der Waals surface area contributed by atoms with Gasteiger partial charge in [0.1, 0.15) is 17.2 Å². The monoisotopic (exact) mass is 302 g/mol. The normalized spacial score (nSPS) is 23.3. The summed E-state index contributed by atoms with van der Waals surface area (Å²) in [6.07, 6.45) is 3.30. The van der Waals surface area contributed by atoms with Gasteiger partial charge in [0.05, 0.1) is 12.3 Å². The summed E-state index contributed by atoms with van der Waals surface area (Å²) in [5.41, 5.74) is 2.05. The number of hydrogen-bond donors (Lipinski definition) is 0. The van der Waals surface area contributed by atoms with Gasteiger partial charge in [-0.25, -0.2) is 0 Å². The van der Waals surface area contributed by atoms with Crippen LogP contribution < -0.4 is 4.74 Å². The van der Waals surface area contributed by atoms with Crippen molar-refractivity contribution in [2.24, 2.45) is 5.10 Å². The Bertz CT molecular complexity index is 696. The Kier molecular flexibility index (Phi) is 2.93. The fourth-order valence-corrected chi connectivity index (χ4v) is 3.18. The average Bonchev–Trinajstić information content (AvgIpc) is 3.15. The van der Waals surface area contributed by atoms with Crippen LogP contribution >= 0.6 is 11.6 Å². The van der Waals surface area contributed by atoms with Crippen LogP contribution in [-0.2, 0) is 0 Å². The number of halogens is 1. The van der Waals surface area contributed by atoms with Crippen LogP contribution in [0.4, 0.5) is 0 Å². The zero-order valence-corrected chi connectivity index (χ0v) is 12.4. The Morgan fingerprint density at radius 3 is 3.05 bits per heavy atom. The molecule has 0 radical (unpaired) electrons. The summed E-state index contributed by atoms with van der Waals surface area (Å²) in [5.74, 6) is 1.73. The van der Waals surface area contributed by atoms with Crippen LogP contribution in [0.25, 0.3) is 0 Å². The summed E-state index contributed by atoms with van der Waals surface area (Å²) in [6, 6.07) is 9.78. The minimum absolute atomic E-state index is 0.0452. The molecule has 2 atom stereocenters. The van der Waals surface area contributed by atoms with Gasteiger partial charge in [0.2, 0.25) is 0 Å². The first kappa shape index (κ1) is 12.8. The van der Waals surface area contributed by atoms with Crippen LogP contribution in [0.2, 0.25) is 5.02 Å². The summed E-state index contributed by atoms with van der Waals surface area (Å²) >= 11 is 6.14. The highest BCUT2D eigenvalue weighted by Gasteiger charge is 2.40. The van der Waals surface area contributed by atoms with Crippen LogP contribution in [0.15, 0.2) is 46.1 Å². The molecule has 0 fully saturated rings. The molecule has 21 heavy (non-hydrogen) atoms. The van der Waals surface area contributed by atoms with Crippen LogP contribution in [0.1, 0.15) is 37.1 Å². The number of hydrogen-bond acceptors (Lipinski definition) is 4. The average molecular weight is 303 g/mol. The third-order valence-corrected chi connectivity index (χ3v) is 4.22. The molecule has 0 amide bonds. The quantitative estimate of drug-likeness (QED) is 0.834. The van der Waals surface area contributed by atoms with Crippen LogP contribution in [-0.4, -0.2) is 16.9 Å². The summed E-state index contributed by atoms with van der Waals surface area (Å²) in [5, 5.41) is 7.48. The lowest BCUT2D eigenvalue weighted by atomic mass is 9.98. The van der Waals surface area contributed by atoms with Crippen LogP contribution in [0.3, 0.4) is 0 Å².